The van der Waals surface area contributed by atoms with Gasteiger partial charge in [0, 0.05) is 19.2 Å². The molecule has 1 aromatic rings. The van der Waals surface area contributed by atoms with Gasteiger partial charge in [-0.15, -0.1) is 0 Å². The summed E-state index contributed by atoms with van der Waals surface area (Å²) in [6, 6.07) is 10.1. The highest BCUT2D eigenvalue weighted by molar-refractivity contribution is 5.20. The fourth-order valence-corrected chi connectivity index (χ4v) is 1.89. The van der Waals surface area contributed by atoms with Crippen LogP contribution in [0.2, 0.25) is 0 Å². The average molecular weight is 251 g/mol. The Hall–Kier alpha value is -1.06. The van der Waals surface area contributed by atoms with Gasteiger partial charge in [0.1, 0.15) is 12.4 Å². The van der Waals surface area contributed by atoms with Crippen LogP contribution in [0.25, 0.3) is 0 Å². The quantitative estimate of drug-likeness (QED) is 0.731. The minimum atomic E-state index is 0.148. The second kappa shape index (κ2) is 7.39. The van der Waals surface area contributed by atoms with Gasteiger partial charge in [-0.3, -0.25) is 0 Å². The SMILES string of the molecule is CC(C)(C)C(CCO)NCCOc1ccccc1. The molecule has 102 valence electrons. The monoisotopic (exact) mass is 251 g/mol. The van der Waals surface area contributed by atoms with Gasteiger partial charge in [0.2, 0.25) is 0 Å². The van der Waals surface area contributed by atoms with Gasteiger partial charge in [0.15, 0.2) is 0 Å². The number of hydrogen-bond donors (Lipinski definition) is 2. The van der Waals surface area contributed by atoms with Crippen molar-refractivity contribution in [2.45, 2.75) is 33.2 Å². The Kier molecular flexibility index (Phi) is 6.16. The van der Waals surface area contributed by atoms with Crippen LogP contribution in [0, 0.1) is 5.41 Å². The Morgan fingerprint density at radius 3 is 2.44 bits per heavy atom. The topological polar surface area (TPSA) is 41.5 Å². The first-order chi connectivity index (χ1) is 8.54. The van der Waals surface area contributed by atoms with Crippen molar-refractivity contribution in [3.63, 3.8) is 0 Å². The summed E-state index contributed by atoms with van der Waals surface area (Å²) in [5.41, 5.74) is 0.148. The molecular formula is C15H25NO2. The highest BCUT2D eigenvalue weighted by Crippen LogP contribution is 2.21. The van der Waals surface area contributed by atoms with Crippen LogP contribution in [0.15, 0.2) is 30.3 Å². The van der Waals surface area contributed by atoms with E-state index in [1.165, 1.54) is 0 Å². The lowest BCUT2D eigenvalue weighted by Crippen LogP contribution is -2.42. The van der Waals surface area contributed by atoms with Crippen molar-refractivity contribution in [1.82, 2.24) is 5.32 Å². The van der Waals surface area contributed by atoms with E-state index in [-0.39, 0.29) is 12.0 Å². The molecule has 1 atom stereocenters. The van der Waals surface area contributed by atoms with Gasteiger partial charge in [-0.2, -0.15) is 0 Å². The summed E-state index contributed by atoms with van der Waals surface area (Å²) in [6.07, 6.45) is 0.773. The minimum Gasteiger partial charge on any atom is -0.492 e. The van der Waals surface area contributed by atoms with Crippen molar-refractivity contribution < 1.29 is 9.84 Å². The van der Waals surface area contributed by atoms with E-state index >= 15 is 0 Å². The number of ether oxygens (including phenoxy) is 1. The maximum atomic E-state index is 9.06. The molecule has 1 aromatic carbocycles. The van der Waals surface area contributed by atoms with Crippen LogP contribution >= 0.6 is 0 Å². The van der Waals surface area contributed by atoms with E-state index in [0.717, 1.165) is 18.7 Å². The molecule has 0 saturated heterocycles. The van der Waals surface area contributed by atoms with Crippen LogP contribution in [0.4, 0.5) is 0 Å². The predicted molar refractivity (Wildman–Crippen MR) is 74.9 cm³/mol. The van der Waals surface area contributed by atoms with Crippen LogP contribution in [-0.4, -0.2) is 30.9 Å². The maximum Gasteiger partial charge on any atom is 0.119 e. The summed E-state index contributed by atoms with van der Waals surface area (Å²) < 4.78 is 5.62. The molecule has 3 nitrogen and oxygen atoms in total. The van der Waals surface area contributed by atoms with E-state index in [4.69, 9.17) is 9.84 Å². The highest BCUT2D eigenvalue weighted by Gasteiger charge is 2.23. The molecule has 0 amide bonds. The van der Waals surface area contributed by atoms with Crippen LogP contribution in [0.5, 0.6) is 5.75 Å². The number of aliphatic hydroxyl groups is 1. The summed E-state index contributed by atoms with van der Waals surface area (Å²) in [5.74, 6) is 0.897. The van der Waals surface area contributed by atoms with Crippen molar-refractivity contribution in [3.8, 4) is 5.75 Å². The number of hydrogen-bond acceptors (Lipinski definition) is 3. The average Bonchev–Trinajstić information content (AvgIpc) is 2.33. The molecule has 0 radical (unpaired) electrons. The lowest BCUT2D eigenvalue weighted by Gasteiger charge is -2.31. The van der Waals surface area contributed by atoms with Crippen molar-refractivity contribution in [1.29, 1.82) is 0 Å². The summed E-state index contributed by atoms with van der Waals surface area (Å²) in [6.45, 7) is 8.18. The molecule has 2 N–H and O–H groups in total. The Morgan fingerprint density at radius 2 is 1.89 bits per heavy atom. The molecule has 0 heterocycles. The third-order valence-electron chi connectivity index (χ3n) is 2.97. The summed E-state index contributed by atoms with van der Waals surface area (Å²) in [4.78, 5) is 0. The molecule has 1 unspecified atom stereocenters. The Bertz CT molecular complexity index is 319. The van der Waals surface area contributed by atoms with Crippen molar-refractivity contribution in [2.75, 3.05) is 19.8 Å². The van der Waals surface area contributed by atoms with Gasteiger partial charge in [0.25, 0.3) is 0 Å². The number of rotatable bonds is 7. The second-order valence-electron chi connectivity index (χ2n) is 5.55. The third kappa shape index (κ3) is 5.52. The number of benzene rings is 1. The normalized spacial score (nSPS) is 13.3. The zero-order valence-corrected chi connectivity index (χ0v) is 11.6. The number of para-hydroxylation sites is 1. The Morgan fingerprint density at radius 1 is 1.22 bits per heavy atom. The van der Waals surface area contributed by atoms with E-state index in [1.54, 1.807) is 0 Å². The minimum absolute atomic E-state index is 0.148. The van der Waals surface area contributed by atoms with Gasteiger partial charge in [-0.1, -0.05) is 39.0 Å². The highest BCUT2D eigenvalue weighted by atomic mass is 16.5. The van der Waals surface area contributed by atoms with Gasteiger partial charge in [0.05, 0.1) is 0 Å². The predicted octanol–water partition coefficient (Wildman–Crippen LogP) is 2.45. The van der Waals surface area contributed by atoms with Crippen LogP contribution in [-0.2, 0) is 0 Å². The largest absolute Gasteiger partial charge is 0.492 e. The van der Waals surface area contributed by atoms with E-state index < -0.39 is 0 Å². The van der Waals surface area contributed by atoms with E-state index in [9.17, 15) is 0 Å². The summed E-state index contributed by atoms with van der Waals surface area (Å²) in [5, 5.41) is 12.5. The third-order valence-corrected chi connectivity index (χ3v) is 2.97. The number of aliphatic hydroxyl groups excluding tert-OH is 1. The fraction of sp³-hybridized carbons (Fsp3) is 0.600. The van der Waals surface area contributed by atoms with Crippen molar-refractivity contribution in [3.05, 3.63) is 30.3 Å². The zero-order chi connectivity index (χ0) is 13.4. The van der Waals surface area contributed by atoms with Gasteiger partial charge in [-0.05, 0) is 24.0 Å². The van der Waals surface area contributed by atoms with Gasteiger partial charge >= 0.3 is 0 Å². The van der Waals surface area contributed by atoms with Crippen molar-refractivity contribution >= 4 is 0 Å². The maximum absolute atomic E-state index is 9.06. The molecule has 1 rings (SSSR count). The van der Waals surface area contributed by atoms with Crippen LogP contribution < -0.4 is 10.1 Å². The lowest BCUT2D eigenvalue weighted by atomic mass is 9.85. The molecule has 0 fully saturated rings. The molecule has 0 aliphatic heterocycles. The first-order valence-electron chi connectivity index (χ1n) is 6.56. The van der Waals surface area contributed by atoms with Crippen molar-refractivity contribution in [2.24, 2.45) is 5.41 Å². The zero-order valence-electron chi connectivity index (χ0n) is 11.6. The molecule has 3 heteroatoms. The van der Waals surface area contributed by atoms with E-state index in [2.05, 4.69) is 26.1 Å². The molecule has 0 aliphatic rings. The molecule has 0 spiro atoms. The van der Waals surface area contributed by atoms with Crippen LogP contribution in [0.1, 0.15) is 27.2 Å². The van der Waals surface area contributed by atoms with Gasteiger partial charge in [-0.25, -0.2) is 0 Å². The standard InChI is InChI=1S/C15H25NO2/c1-15(2,3)14(9-11-17)16-10-12-18-13-7-5-4-6-8-13/h4-8,14,16-17H,9-12H2,1-3H3. The molecule has 18 heavy (non-hydrogen) atoms. The molecule has 0 bridgehead atoms. The summed E-state index contributed by atoms with van der Waals surface area (Å²) >= 11 is 0. The molecule has 0 saturated carbocycles. The summed E-state index contributed by atoms with van der Waals surface area (Å²) in [7, 11) is 0. The Labute approximate surface area is 110 Å². The first kappa shape index (κ1) is 15.0. The van der Waals surface area contributed by atoms with E-state index in [1.807, 2.05) is 30.3 Å². The smallest absolute Gasteiger partial charge is 0.119 e. The van der Waals surface area contributed by atoms with Gasteiger partial charge < -0.3 is 15.2 Å². The first-order valence-corrected chi connectivity index (χ1v) is 6.56. The number of nitrogens with one attached hydrogen (secondary N) is 1. The second-order valence-corrected chi connectivity index (χ2v) is 5.55. The van der Waals surface area contributed by atoms with E-state index in [0.29, 0.717) is 12.6 Å². The lowest BCUT2D eigenvalue weighted by molar-refractivity contribution is 0.189. The molecule has 0 aromatic heterocycles. The Balaban J connectivity index is 2.27. The molecular weight excluding hydrogens is 226 g/mol. The molecule has 0 aliphatic carbocycles. The van der Waals surface area contributed by atoms with Crippen LogP contribution in [0.3, 0.4) is 0 Å². The fourth-order valence-electron chi connectivity index (χ4n) is 1.89.